The Balaban J connectivity index is 2.75. The molecule has 0 amide bonds. The molecule has 0 saturated carbocycles. The van der Waals surface area contributed by atoms with Crippen molar-refractivity contribution >= 4 is 5.82 Å². The molecule has 4 heteroatoms. The molecule has 0 spiro atoms. The van der Waals surface area contributed by atoms with E-state index in [4.69, 9.17) is 4.74 Å². The van der Waals surface area contributed by atoms with Crippen molar-refractivity contribution in [1.29, 1.82) is 0 Å². The Hall–Kier alpha value is -1.16. The van der Waals surface area contributed by atoms with Gasteiger partial charge in [0, 0.05) is 18.7 Å². The van der Waals surface area contributed by atoms with Gasteiger partial charge in [-0.05, 0) is 19.8 Å². The first-order valence-corrected chi connectivity index (χ1v) is 6.21. The highest BCUT2D eigenvalue weighted by Crippen LogP contribution is 2.22. The lowest BCUT2D eigenvalue weighted by Gasteiger charge is -2.30. The molecule has 1 heterocycles. The van der Waals surface area contributed by atoms with E-state index < -0.39 is 0 Å². The first-order valence-electron chi connectivity index (χ1n) is 6.21. The standard InChI is InChI=1S/C13H23N3O/c1-5-7-13(3,6-2)16-12-8-11(9-17-4)14-10-15-12/h8,10H,5-7,9H2,1-4H3,(H,14,15,16). The zero-order chi connectivity index (χ0) is 12.7. The predicted molar refractivity (Wildman–Crippen MR) is 70.0 cm³/mol. The van der Waals surface area contributed by atoms with Crippen molar-refractivity contribution in [2.75, 3.05) is 12.4 Å². The molecule has 96 valence electrons. The Bertz CT molecular complexity index is 343. The third-order valence-corrected chi connectivity index (χ3v) is 3.03. The molecule has 17 heavy (non-hydrogen) atoms. The molecule has 0 bridgehead atoms. The summed E-state index contributed by atoms with van der Waals surface area (Å²) in [6.45, 7) is 7.15. The van der Waals surface area contributed by atoms with Crippen molar-refractivity contribution in [3.63, 3.8) is 0 Å². The highest BCUT2D eigenvalue weighted by atomic mass is 16.5. The minimum absolute atomic E-state index is 0.105. The quantitative estimate of drug-likeness (QED) is 0.792. The summed E-state index contributed by atoms with van der Waals surface area (Å²) in [5, 5.41) is 3.50. The fourth-order valence-corrected chi connectivity index (χ4v) is 1.88. The molecule has 4 nitrogen and oxygen atoms in total. The maximum Gasteiger partial charge on any atom is 0.130 e. The SMILES string of the molecule is CCCC(C)(CC)Nc1cc(COC)ncn1. The molecule has 1 aromatic rings. The van der Waals surface area contributed by atoms with Gasteiger partial charge in [-0.3, -0.25) is 0 Å². The van der Waals surface area contributed by atoms with Gasteiger partial charge < -0.3 is 10.1 Å². The first-order chi connectivity index (χ1) is 8.13. The third kappa shape index (κ3) is 4.30. The van der Waals surface area contributed by atoms with Crippen LogP contribution in [0, 0.1) is 0 Å². The Morgan fingerprint density at radius 2 is 2.12 bits per heavy atom. The highest BCUT2D eigenvalue weighted by molar-refractivity contribution is 5.37. The number of rotatable bonds is 7. The van der Waals surface area contributed by atoms with Crippen LogP contribution in [0.4, 0.5) is 5.82 Å². The Morgan fingerprint density at radius 1 is 1.35 bits per heavy atom. The summed E-state index contributed by atoms with van der Waals surface area (Å²) in [5.41, 5.74) is 1.01. The van der Waals surface area contributed by atoms with Crippen molar-refractivity contribution in [3.8, 4) is 0 Å². The summed E-state index contributed by atoms with van der Waals surface area (Å²) < 4.78 is 5.07. The second kappa shape index (κ2) is 6.55. The molecule has 0 radical (unpaired) electrons. The number of hydrogen-bond donors (Lipinski definition) is 1. The average Bonchev–Trinajstić information content (AvgIpc) is 2.30. The van der Waals surface area contributed by atoms with Crippen LogP contribution in [0.25, 0.3) is 0 Å². The summed E-state index contributed by atoms with van der Waals surface area (Å²) >= 11 is 0. The summed E-state index contributed by atoms with van der Waals surface area (Å²) in [5.74, 6) is 0.879. The van der Waals surface area contributed by atoms with E-state index in [2.05, 4.69) is 36.1 Å². The van der Waals surface area contributed by atoms with Crippen LogP contribution < -0.4 is 5.32 Å². The lowest BCUT2D eigenvalue weighted by Crippen LogP contribution is -2.34. The smallest absolute Gasteiger partial charge is 0.130 e. The molecule has 1 atom stereocenters. The average molecular weight is 237 g/mol. The molecule has 0 fully saturated rings. The molecular weight excluding hydrogens is 214 g/mol. The van der Waals surface area contributed by atoms with E-state index in [1.165, 1.54) is 0 Å². The maximum absolute atomic E-state index is 5.07. The van der Waals surface area contributed by atoms with E-state index >= 15 is 0 Å². The van der Waals surface area contributed by atoms with Gasteiger partial charge >= 0.3 is 0 Å². The molecular formula is C13H23N3O. The van der Waals surface area contributed by atoms with Crippen LogP contribution in [0.2, 0.25) is 0 Å². The van der Waals surface area contributed by atoms with Gasteiger partial charge in [0.2, 0.25) is 0 Å². The van der Waals surface area contributed by atoms with Crippen LogP contribution in [0.3, 0.4) is 0 Å². The minimum atomic E-state index is 0.105. The van der Waals surface area contributed by atoms with Crippen LogP contribution in [0.5, 0.6) is 0 Å². The van der Waals surface area contributed by atoms with Gasteiger partial charge in [0.05, 0.1) is 12.3 Å². The van der Waals surface area contributed by atoms with Gasteiger partial charge in [-0.25, -0.2) is 9.97 Å². The molecule has 0 aromatic carbocycles. The fraction of sp³-hybridized carbons (Fsp3) is 0.692. The monoisotopic (exact) mass is 237 g/mol. The summed E-state index contributed by atoms with van der Waals surface area (Å²) in [4.78, 5) is 8.41. The van der Waals surface area contributed by atoms with Crippen LogP contribution in [-0.4, -0.2) is 22.6 Å². The minimum Gasteiger partial charge on any atom is -0.378 e. The zero-order valence-electron chi connectivity index (χ0n) is 11.3. The molecule has 1 N–H and O–H groups in total. The predicted octanol–water partition coefficient (Wildman–Crippen LogP) is 3.00. The van der Waals surface area contributed by atoms with Gasteiger partial charge in [-0.2, -0.15) is 0 Å². The second-order valence-electron chi connectivity index (χ2n) is 4.62. The number of methoxy groups -OCH3 is 1. The van der Waals surface area contributed by atoms with Crippen LogP contribution >= 0.6 is 0 Å². The number of nitrogens with zero attached hydrogens (tertiary/aromatic N) is 2. The number of anilines is 1. The molecule has 0 aliphatic rings. The van der Waals surface area contributed by atoms with Gasteiger partial charge in [0.15, 0.2) is 0 Å². The highest BCUT2D eigenvalue weighted by Gasteiger charge is 2.20. The Morgan fingerprint density at radius 3 is 2.71 bits per heavy atom. The second-order valence-corrected chi connectivity index (χ2v) is 4.62. The number of nitrogens with one attached hydrogen (secondary N) is 1. The zero-order valence-corrected chi connectivity index (χ0v) is 11.3. The van der Waals surface area contributed by atoms with E-state index in [-0.39, 0.29) is 5.54 Å². The van der Waals surface area contributed by atoms with E-state index in [9.17, 15) is 0 Å². The lowest BCUT2D eigenvalue weighted by atomic mass is 9.93. The van der Waals surface area contributed by atoms with E-state index in [1.54, 1.807) is 13.4 Å². The normalized spacial score (nSPS) is 14.4. The van der Waals surface area contributed by atoms with Crippen LogP contribution in [0.1, 0.15) is 45.7 Å². The molecule has 0 saturated heterocycles. The molecule has 1 unspecified atom stereocenters. The van der Waals surface area contributed by atoms with Crippen molar-refractivity contribution in [1.82, 2.24) is 9.97 Å². The fourth-order valence-electron chi connectivity index (χ4n) is 1.88. The Kier molecular flexibility index (Phi) is 5.35. The van der Waals surface area contributed by atoms with E-state index in [1.807, 2.05) is 6.07 Å². The maximum atomic E-state index is 5.07. The van der Waals surface area contributed by atoms with Crippen molar-refractivity contribution in [3.05, 3.63) is 18.1 Å². The first kappa shape index (κ1) is 13.9. The largest absolute Gasteiger partial charge is 0.378 e. The van der Waals surface area contributed by atoms with Gasteiger partial charge in [0.25, 0.3) is 0 Å². The van der Waals surface area contributed by atoms with Gasteiger partial charge in [0.1, 0.15) is 12.1 Å². The van der Waals surface area contributed by atoms with Gasteiger partial charge in [-0.15, -0.1) is 0 Å². The number of hydrogen-bond acceptors (Lipinski definition) is 4. The van der Waals surface area contributed by atoms with Crippen molar-refractivity contribution in [2.24, 2.45) is 0 Å². The van der Waals surface area contributed by atoms with Gasteiger partial charge in [-0.1, -0.05) is 20.3 Å². The topological polar surface area (TPSA) is 47.0 Å². The number of aromatic nitrogens is 2. The van der Waals surface area contributed by atoms with E-state index in [0.717, 1.165) is 30.8 Å². The molecule has 1 rings (SSSR count). The lowest BCUT2D eigenvalue weighted by molar-refractivity contribution is 0.181. The third-order valence-electron chi connectivity index (χ3n) is 3.03. The molecule has 0 aliphatic heterocycles. The van der Waals surface area contributed by atoms with Crippen LogP contribution in [0.15, 0.2) is 12.4 Å². The molecule has 0 aliphatic carbocycles. The van der Waals surface area contributed by atoms with Crippen LogP contribution in [-0.2, 0) is 11.3 Å². The van der Waals surface area contributed by atoms with E-state index in [0.29, 0.717) is 6.61 Å². The summed E-state index contributed by atoms with van der Waals surface area (Å²) in [7, 11) is 1.67. The van der Waals surface area contributed by atoms with Crippen molar-refractivity contribution in [2.45, 2.75) is 52.2 Å². The summed E-state index contributed by atoms with van der Waals surface area (Å²) in [6, 6.07) is 1.95. The number of ether oxygens (including phenoxy) is 1. The Labute approximate surface area is 104 Å². The summed E-state index contributed by atoms with van der Waals surface area (Å²) in [6.07, 6.45) is 4.95. The van der Waals surface area contributed by atoms with Crippen molar-refractivity contribution < 1.29 is 4.74 Å². The molecule has 1 aromatic heterocycles.